The summed E-state index contributed by atoms with van der Waals surface area (Å²) in [5.74, 6) is 0.892. The lowest BCUT2D eigenvalue weighted by Gasteiger charge is -2.25. The Morgan fingerprint density at radius 1 is 0.909 bits per heavy atom. The van der Waals surface area contributed by atoms with E-state index < -0.39 is 0 Å². The number of hydrogen-bond donors (Lipinski definition) is 0. The van der Waals surface area contributed by atoms with Gasteiger partial charge >= 0.3 is 0 Å². The minimum absolute atomic E-state index is 0.892. The second-order valence-corrected chi connectivity index (χ2v) is 5.35. The molecule has 4 rings (SSSR count). The molecule has 0 bridgehead atoms. The molecule has 0 radical (unpaired) electrons. The number of ether oxygens (including phenoxy) is 1. The van der Waals surface area contributed by atoms with Gasteiger partial charge in [0.15, 0.2) is 0 Å². The molecule has 0 aromatic heterocycles. The maximum absolute atomic E-state index is 5.52. The number of hydrogen-bond acceptors (Lipinski definition) is 3. The van der Waals surface area contributed by atoms with E-state index in [9.17, 15) is 0 Å². The van der Waals surface area contributed by atoms with Crippen molar-refractivity contribution in [2.75, 3.05) is 19.2 Å². The Kier molecular flexibility index (Phi) is 2.86. The molecule has 1 aliphatic heterocycles. The van der Waals surface area contributed by atoms with Crippen LogP contribution in [0.5, 0.6) is 5.75 Å². The van der Waals surface area contributed by atoms with Crippen LogP contribution in [0.4, 0.5) is 5.69 Å². The molecule has 3 aromatic rings. The van der Waals surface area contributed by atoms with Crippen molar-refractivity contribution < 1.29 is 4.74 Å². The fourth-order valence-corrected chi connectivity index (χ4v) is 3.07. The summed E-state index contributed by atoms with van der Waals surface area (Å²) in [5.41, 5.74) is 4.37. The molecule has 3 aromatic carbocycles. The molecule has 22 heavy (non-hydrogen) atoms. The summed E-state index contributed by atoms with van der Waals surface area (Å²) < 4.78 is 5.52. The summed E-state index contributed by atoms with van der Waals surface area (Å²) in [6.45, 7) is 0. The minimum Gasteiger partial charge on any atom is -0.496 e. The van der Waals surface area contributed by atoms with Crippen molar-refractivity contribution in [3.8, 4) is 5.75 Å². The first-order valence-corrected chi connectivity index (χ1v) is 7.27. The largest absolute Gasteiger partial charge is 0.496 e. The molecule has 3 heteroatoms. The van der Waals surface area contributed by atoms with Gasteiger partial charge in [0.2, 0.25) is 0 Å². The Labute approximate surface area is 129 Å². The molecule has 0 fully saturated rings. The average molecular weight is 288 g/mol. The van der Waals surface area contributed by atoms with Gasteiger partial charge in [0.05, 0.1) is 18.5 Å². The lowest BCUT2D eigenvalue weighted by atomic mass is 9.93. The lowest BCUT2D eigenvalue weighted by Crippen LogP contribution is -2.20. The normalized spacial score (nSPS) is 13.2. The van der Waals surface area contributed by atoms with E-state index in [2.05, 4.69) is 30.3 Å². The number of hydrazone groups is 1. The molecule has 0 unspecified atom stereocenters. The fraction of sp³-hybridized carbons (Fsp3) is 0.105. The van der Waals surface area contributed by atoms with Gasteiger partial charge in [-0.2, -0.15) is 5.10 Å². The summed E-state index contributed by atoms with van der Waals surface area (Å²) in [7, 11) is 3.70. The highest BCUT2D eigenvalue weighted by atomic mass is 16.5. The third-order valence-corrected chi connectivity index (χ3v) is 4.10. The van der Waals surface area contributed by atoms with Crippen LogP contribution in [-0.4, -0.2) is 19.9 Å². The first-order chi connectivity index (χ1) is 10.8. The van der Waals surface area contributed by atoms with Gasteiger partial charge in [-0.25, -0.2) is 0 Å². The predicted molar refractivity (Wildman–Crippen MR) is 91.0 cm³/mol. The van der Waals surface area contributed by atoms with Crippen molar-refractivity contribution in [1.82, 2.24) is 0 Å². The molecule has 0 amide bonds. The molecule has 0 atom stereocenters. The zero-order chi connectivity index (χ0) is 15.1. The van der Waals surface area contributed by atoms with E-state index in [1.165, 1.54) is 5.39 Å². The van der Waals surface area contributed by atoms with Gasteiger partial charge in [-0.1, -0.05) is 42.5 Å². The Bertz CT molecular complexity index is 885. The van der Waals surface area contributed by atoms with Crippen molar-refractivity contribution in [3.05, 3.63) is 71.8 Å². The van der Waals surface area contributed by atoms with Crippen molar-refractivity contribution >= 4 is 22.2 Å². The third kappa shape index (κ3) is 1.79. The zero-order valence-electron chi connectivity index (χ0n) is 12.6. The predicted octanol–water partition coefficient (Wildman–Crippen LogP) is 4.05. The first kappa shape index (κ1) is 12.9. The van der Waals surface area contributed by atoms with Gasteiger partial charge in [-0.15, -0.1) is 0 Å². The van der Waals surface area contributed by atoms with E-state index in [0.29, 0.717) is 0 Å². The smallest absolute Gasteiger partial charge is 0.126 e. The highest BCUT2D eigenvalue weighted by Gasteiger charge is 2.22. The standard InChI is InChI=1S/C19H16N2O/c1-21-16-10-6-9-14-17(22-2)12-11-15(18(14)16)19(20-21)13-7-4-3-5-8-13/h3-12H,1-2H3. The van der Waals surface area contributed by atoms with Crippen molar-refractivity contribution in [2.24, 2.45) is 5.10 Å². The van der Waals surface area contributed by atoms with Crippen LogP contribution in [0.25, 0.3) is 10.8 Å². The maximum Gasteiger partial charge on any atom is 0.126 e. The highest BCUT2D eigenvalue weighted by molar-refractivity contribution is 6.24. The van der Waals surface area contributed by atoms with E-state index in [1.807, 2.05) is 42.4 Å². The second kappa shape index (κ2) is 4.88. The summed E-state index contributed by atoms with van der Waals surface area (Å²) in [5, 5.41) is 9.04. The molecule has 0 aliphatic carbocycles. The number of rotatable bonds is 2. The topological polar surface area (TPSA) is 24.8 Å². The van der Waals surface area contributed by atoms with Crippen LogP contribution in [0, 0.1) is 0 Å². The van der Waals surface area contributed by atoms with E-state index in [0.717, 1.165) is 33.7 Å². The molecule has 1 heterocycles. The zero-order valence-corrected chi connectivity index (χ0v) is 12.6. The van der Waals surface area contributed by atoms with Gasteiger partial charge in [0.1, 0.15) is 5.75 Å². The lowest BCUT2D eigenvalue weighted by molar-refractivity contribution is 0.420. The first-order valence-electron chi connectivity index (χ1n) is 7.27. The third-order valence-electron chi connectivity index (χ3n) is 4.10. The Balaban J connectivity index is 2.06. The average Bonchev–Trinajstić information content (AvgIpc) is 2.58. The minimum atomic E-state index is 0.892. The van der Waals surface area contributed by atoms with Crippen molar-refractivity contribution in [3.63, 3.8) is 0 Å². The maximum atomic E-state index is 5.52. The van der Waals surface area contributed by atoms with E-state index in [1.54, 1.807) is 7.11 Å². The van der Waals surface area contributed by atoms with E-state index >= 15 is 0 Å². The van der Waals surface area contributed by atoms with Crippen LogP contribution in [-0.2, 0) is 0 Å². The number of benzene rings is 3. The Morgan fingerprint density at radius 3 is 2.50 bits per heavy atom. The van der Waals surface area contributed by atoms with Crippen LogP contribution < -0.4 is 9.75 Å². The second-order valence-electron chi connectivity index (χ2n) is 5.35. The monoisotopic (exact) mass is 288 g/mol. The van der Waals surface area contributed by atoms with Gasteiger partial charge in [0, 0.05) is 28.9 Å². The summed E-state index contributed by atoms with van der Waals surface area (Å²) in [4.78, 5) is 0. The Morgan fingerprint density at radius 2 is 1.73 bits per heavy atom. The summed E-state index contributed by atoms with van der Waals surface area (Å²) in [6.07, 6.45) is 0. The molecular weight excluding hydrogens is 272 g/mol. The van der Waals surface area contributed by atoms with Crippen LogP contribution >= 0.6 is 0 Å². The molecule has 0 saturated heterocycles. The number of nitrogens with zero attached hydrogens (tertiary/aromatic N) is 2. The molecule has 0 spiro atoms. The quantitative estimate of drug-likeness (QED) is 0.710. The highest BCUT2D eigenvalue weighted by Crippen LogP contribution is 2.38. The SMILES string of the molecule is COc1ccc2c3c(cccc13)N(C)N=C2c1ccccc1. The van der Waals surface area contributed by atoms with Crippen LogP contribution in [0.15, 0.2) is 65.8 Å². The molecule has 1 aliphatic rings. The number of methoxy groups -OCH3 is 1. The van der Waals surface area contributed by atoms with Crippen LogP contribution in [0.2, 0.25) is 0 Å². The van der Waals surface area contributed by atoms with Crippen LogP contribution in [0.1, 0.15) is 11.1 Å². The van der Waals surface area contributed by atoms with Crippen molar-refractivity contribution in [1.29, 1.82) is 0 Å². The summed E-state index contributed by atoms with van der Waals surface area (Å²) in [6, 6.07) is 20.7. The van der Waals surface area contributed by atoms with E-state index in [4.69, 9.17) is 9.84 Å². The van der Waals surface area contributed by atoms with Gasteiger partial charge in [-0.3, -0.25) is 5.01 Å². The summed E-state index contributed by atoms with van der Waals surface area (Å²) >= 11 is 0. The van der Waals surface area contributed by atoms with Gasteiger partial charge < -0.3 is 4.74 Å². The van der Waals surface area contributed by atoms with E-state index in [-0.39, 0.29) is 0 Å². The molecule has 108 valence electrons. The molecular formula is C19H16N2O. The van der Waals surface area contributed by atoms with Crippen LogP contribution in [0.3, 0.4) is 0 Å². The fourth-order valence-electron chi connectivity index (χ4n) is 3.07. The van der Waals surface area contributed by atoms with Gasteiger partial charge in [0.25, 0.3) is 0 Å². The van der Waals surface area contributed by atoms with Gasteiger partial charge in [-0.05, 0) is 18.2 Å². The molecule has 0 saturated carbocycles. The molecule has 0 N–H and O–H groups in total. The molecule has 3 nitrogen and oxygen atoms in total. The number of anilines is 1. The Hall–Kier alpha value is -2.81. The van der Waals surface area contributed by atoms with Crippen molar-refractivity contribution in [2.45, 2.75) is 0 Å².